The van der Waals surface area contributed by atoms with Crippen molar-refractivity contribution in [3.8, 4) is 0 Å². The van der Waals surface area contributed by atoms with Gasteiger partial charge in [-0.15, -0.1) is 0 Å². The Morgan fingerprint density at radius 3 is 2.60 bits per heavy atom. The number of anilines is 1. The molecule has 2 aromatic heterocycles. The Labute approximate surface area is 247 Å². The maximum absolute atomic E-state index is 12.4. The maximum Gasteiger partial charge on any atom is 0.303 e. The van der Waals surface area contributed by atoms with Gasteiger partial charge in [0, 0.05) is 42.5 Å². The number of rotatable bonds is 22. The highest BCUT2D eigenvalue weighted by molar-refractivity contribution is 5.68. The second kappa shape index (κ2) is 19.6. The number of aryl methyl sites for hydroxylation is 2. The Kier molecular flexibility index (Phi) is 15.5. The topological polar surface area (TPSA) is 161 Å². The van der Waals surface area contributed by atoms with Crippen molar-refractivity contribution in [3.05, 3.63) is 68.1 Å². The highest BCUT2D eigenvalue weighted by Crippen LogP contribution is 2.26. The van der Waals surface area contributed by atoms with Gasteiger partial charge < -0.3 is 29.2 Å². The number of hydrogen-bond acceptors (Lipinski definition) is 8. The Hall–Kier alpha value is -3.44. The van der Waals surface area contributed by atoms with E-state index in [0.717, 1.165) is 75.0 Å². The molecule has 0 amide bonds. The Bertz CT molecular complexity index is 1200. The van der Waals surface area contributed by atoms with Crippen LogP contribution in [0.5, 0.6) is 0 Å². The first-order valence-corrected chi connectivity index (χ1v) is 15.0. The zero-order valence-corrected chi connectivity index (χ0v) is 24.4. The van der Waals surface area contributed by atoms with Gasteiger partial charge in [-0.1, -0.05) is 36.5 Å². The summed E-state index contributed by atoms with van der Waals surface area (Å²) in [7, 11) is 0. The van der Waals surface area contributed by atoms with Crippen LogP contribution in [-0.2, 0) is 38.4 Å². The van der Waals surface area contributed by atoms with Gasteiger partial charge in [0.05, 0.1) is 46.1 Å². The minimum Gasteiger partial charge on any atom is -0.481 e. The molecule has 3 heterocycles. The molecular formula is C30H44N6O6. The monoisotopic (exact) mass is 584 g/mol. The zero-order chi connectivity index (χ0) is 29.8. The van der Waals surface area contributed by atoms with Crippen molar-refractivity contribution in [2.45, 2.75) is 70.3 Å². The minimum atomic E-state index is -0.839. The number of carboxylic acids is 1. The van der Waals surface area contributed by atoms with Gasteiger partial charge in [0.15, 0.2) is 0 Å². The third-order valence-corrected chi connectivity index (χ3v) is 7.21. The summed E-state index contributed by atoms with van der Waals surface area (Å²) in [4.78, 5) is 31.4. The molecule has 1 aliphatic heterocycles. The zero-order valence-electron chi connectivity index (χ0n) is 24.4. The van der Waals surface area contributed by atoms with Crippen LogP contribution in [0.3, 0.4) is 0 Å². The average molecular weight is 585 g/mol. The third kappa shape index (κ3) is 12.6. The van der Waals surface area contributed by atoms with Crippen LogP contribution >= 0.6 is 0 Å². The average Bonchev–Trinajstić information content (AvgIpc) is 2.99. The number of azide groups is 1. The van der Waals surface area contributed by atoms with E-state index in [9.17, 15) is 14.7 Å². The summed E-state index contributed by atoms with van der Waals surface area (Å²) in [6.07, 6.45) is 9.84. The van der Waals surface area contributed by atoms with Crippen LogP contribution in [0.1, 0.15) is 67.7 Å². The van der Waals surface area contributed by atoms with E-state index in [-0.39, 0.29) is 17.9 Å². The molecule has 12 heteroatoms. The molecule has 42 heavy (non-hydrogen) atoms. The Morgan fingerprint density at radius 2 is 1.81 bits per heavy atom. The van der Waals surface area contributed by atoms with Crippen LogP contribution in [0.15, 0.2) is 40.4 Å². The molecule has 0 spiro atoms. The number of unbranched alkanes of at least 4 members (excludes halogenated alkanes) is 3. The molecule has 230 valence electrons. The maximum atomic E-state index is 12.4. The Balaban J connectivity index is 1.34. The first kappa shape index (κ1) is 33.1. The van der Waals surface area contributed by atoms with Crippen molar-refractivity contribution < 1.29 is 24.1 Å². The number of fused-ring (bicyclic) bond motifs is 1. The van der Waals surface area contributed by atoms with E-state index < -0.39 is 5.97 Å². The van der Waals surface area contributed by atoms with Gasteiger partial charge in [-0.25, -0.2) is 4.98 Å². The van der Waals surface area contributed by atoms with Crippen molar-refractivity contribution in [2.75, 3.05) is 58.0 Å². The number of carboxylic acid groups (broad SMARTS) is 1. The van der Waals surface area contributed by atoms with E-state index in [2.05, 4.69) is 27.5 Å². The molecular weight excluding hydrogens is 540 g/mol. The summed E-state index contributed by atoms with van der Waals surface area (Å²) in [6, 6.07) is 7.59. The lowest BCUT2D eigenvalue weighted by atomic mass is 9.91. The quantitative estimate of drug-likeness (QED) is 0.0870. The van der Waals surface area contributed by atoms with Crippen molar-refractivity contribution in [3.63, 3.8) is 0 Å². The van der Waals surface area contributed by atoms with Crippen LogP contribution in [0.2, 0.25) is 0 Å². The number of nitrogens with one attached hydrogen (secondary N) is 1. The van der Waals surface area contributed by atoms with Crippen molar-refractivity contribution >= 4 is 11.8 Å². The molecule has 0 saturated carbocycles. The largest absolute Gasteiger partial charge is 0.481 e. The van der Waals surface area contributed by atoms with Gasteiger partial charge in [0.25, 0.3) is 5.56 Å². The number of ether oxygens (including phenoxy) is 3. The summed E-state index contributed by atoms with van der Waals surface area (Å²) in [5.41, 5.74) is 11.3. The molecule has 0 aliphatic carbocycles. The molecule has 1 atom stereocenters. The standard InChI is InChI=1S/C30H44N6O6/c31-35-33-14-16-40-18-20-42-21-19-41-17-15-36-23-26(10-12-28(36)37)25(22-29(38)39)6-3-1-2-4-8-27-11-9-24-7-5-13-32-30(24)34-27/h9-12,23,25H,1-8,13-22H2,(H,32,34)(H,38,39). The SMILES string of the molecule is [N-]=[N+]=NCCOCCOCCOCCn1cc(C(CCCCCCc2ccc3c(n2)NCCC3)CC(=O)O)ccc1=O. The summed E-state index contributed by atoms with van der Waals surface area (Å²) >= 11 is 0. The lowest BCUT2D eigenvalue weighted by Gasteiger charge is -2.18. The number of carbonyl (C=O) groups is 1. The van der Waals surface area contributed by atoms with Crippen LogP contribution in [-0.4, -0.2) is 73.4 Å². The molecule has 0 radical (unpaired) electrons. The fraction of sp³-hybridized carbons (Fsp3) is 0.633. The first-order valence-electron chi connectivity index (χ1n) is 15.0. The van der Waals surface area contributed by atoms with E-state index in [1.807, 2.05) is 0 Å². The van der Waals surface area contributed by atoms with Gasteiger partial charge in [0.1, 0.15) is 5.82 Å². The molecule has 1 aliphatic rings. The molecule has 2 N–H and O–H groups in total. The van der Waals surface area contributed by atoms with Crippen LogP contribution in [0.4, 0.5) is 5.82 Å². The fourth-order valence-corrected chi connectivity index (χ4v) is 4.98. The number of aliphatic carboxylic acids is 1. The van der Waals surface area contributed by atoms with Crippen LogP contribution < -0.4 is 10.9 Å². The Morgan fingerprint density at radius 1 is 1.05 bits per heavy atom. The molecule has 1 unspecified atom stereocenters. The predicted octanol–water partition coefficient (Wildman–Crippen LogP) is 4.71. The van der Waals surface area contributed by atoms with Crippen molar-refractivity contribution in [1.29, 1.82) is 0 Å². The molecule has 3 rings (SSSR count). The van der Waals surface area contributed by atoms with Gasteiger partial charge in [-0.2, -0.15) is 0 Å². The molecule has 2 aromatic rings. The predicted molar refractivity (Wildman–Crippen MR) is 160 cm³/mol. The lowest BCUT2D eigenvalue weighted by molar-refractivity contribution is -0.137. The molecule has 0 bridgehead atoms. The third-order valence-electron chi connectivity index (χ3n) is 7.21. The number of nitrogens with zero attached hydrogens (tertiary/aromatic N) is 5. The van der Waals surface area contributed by atoms with Gasteiger partial charge >= 0.3 is 5.97 Å². The fourth-order valence-electron chi connectivity index (χ4n) is 4.98. The van der Waals surface area contributed by atoms with Crippen LogP contribution in [0, 0.1) is 0 Å². The van der Waals surface area contributed by atoms with Crippen molar-refractivity contribution in [1.82, 2.24) is 9.55 Å². The molecule has 0 fully saturated rings. The highest BCUT2D eigenvalue weighted by Gasteiger charge is 2.17. The van der Waals surface area contributed by atoms with E-state index in [1.54, 1.807) is 16.8 Å². The molecule has 12 nitrogen and oxygen atoms in total. The van der Waals surface area contributed by atoms with E-state index >= 15 is 0 Å². The molecule has 0 saturated heterocycles. The summed E-state index contributed by atoms with van der Waals surface area (Å²) in [5, 5.41) is 16.3. The normalized spacial score (nSPS) is 13.1. The van der Waals surface area contributed by atoms with Crippen LogP contribution in [0.25, 0.3) is 10.4 Å². The minimum absolute atomic E-state index is 0.0351. The van der Waals surface area contributed by atoms with E-state index in [0.29, 0.717) is 52.7 Å². The van der Waals surface area contributed by atoms with Gasteiger partial charge in [-0.3, -0.25) is 9.59 Å². The molecule has 0 aromatic carbocycles. The number of pyridine rings is 2. The van der Waals surface area contributed by atoms with Crippen molar-refractivity contribution in [2.24, 2.45) is 5.11 Å². The summed E-state index contributed by atoms with van der Waals surface area (Å²) in [5.74, 6) is 0.0517. The van der Waals surface area contributed by atoms with Gasteiger partial charge in [0.2, 0.25) is 0 Å². The first-order chi connectivity index (χ1) is 20.6. The smallest absolute Gasteiger partial charge is 0.303 e. The van der Waals surface area contributed by atoms with Gasteiger partial charge in [-0.05, 0) is 60.7 Å². The second-order valence-corrected chi connectivity index (χ2v) is 10.4. The van der Waals surface area contributed by atoms with E-state index in [4.69, 9.17) is 24.7 Å². The summed E-state index contributed by atoms with van der Waals surface area (Å²) < 4.78 is 17.9. The number of hydrogen-bond donors (Lipinski definition) is 2. The lowest BCUT2D eigenvalue weighted by Crippen LogP contribution is -2.23. The second-order valence-electron chi connectivity index (χ2n) is 10.4. The number of aromatic nitrogens is 2. The summed E-state index contributed by atoms with van der Waals surface area (Å²) in [6.45, 7) is 3.96. The highest BCUT2D eigenvalue weighted by atomic mass is 16.5. The van der Waals surface area contributed by atoms with E-state index in [1.165, 1.54) is 11.6 Å².